The molecule has 0 saturated carbocycles. The van der Waals surface area contributed by atoms with Crippen LogP contribution in [0.15, 0.2) is 54.6 Å². The molecule has 1 atom stereocenters. The molecule has 3 nitrogen and oxygen atoms in total. The van der Waals surface area contributed by atoms with Gasteiger partial charge in [0.1, 0.15) is 12.4 Å². The van der Waals surface area contributed by atoms with Gasteiger partial charge in [0.05, 0.1) is 0 Å². The fourth-order valence-electron chi connectivity index (χ4n) is 3.91. The molecule has 2 aliphatic rings. The van der Waals surface area contributed by atoms with Crippen molar-refractivity contribution in [3.05, 3.63) is 65.7 Å². The summed E-state index contributed by atoms with van der Waals surface area (Å²) in [5, 5.41) is 0. The Bertz CT molecular complexity index is 649. The van der Waals surface area contributed by atoms with Gasteiger partial charge in [-0.3, -0.25) is 9.80 Å². The molecule has 0 aliphatic carbocycles. The monoisotopic (exact) mass is 336 g/mol. The van der Waals surface area contributed by atoms with Gasteiger partial charge in [-0.25, -0.2) is 0 Å². The zero-order chi connectivity index (χ0) is 16.9. The summed E-state index contributed by atoms with van der Waals surface area (Å²) < 4.78 is 5.90. The minimum atomic E-state index is 0.581. The van der Waals surface area contributed by atoms with Gasteiger partial charge in [-0.2, -0.15) is 0 Å². The van der Waals surface area contributed by atoms with Crippen molar-refractivity contribution < 1.29 is 4.74 Å². The summed E-state index contributed by atoms with van der Waals surface area (Å²) in [6, 6.07) is 20.1. The van der Waals surface area contributed by atoms with Crippen molar-refractivity contribution in [2.24, 2.45) is 0 Å². The number of hydrogen-bond acceptors (Lipinski definition) is 3. The van der Waals surface area contributed by atoms with E-state index < -0.39 is 0 Å². The van der Waals surface area contributed by atoms with Crippen molar-refractivity contribution in [3.63, 3.8) is 0 Å². The Morgan fingerprint density at radius 3 is 2.32 bits per heavy atom. The minimum absolute atomic E-state index is 0.581. The summed E-state index contributed by atoms with van der Waals surface area (Å²) in [7, 11) is 0. The molecule has 2 heterocycles. The van der Waals surface area contributed by atoms with Crippen LogP contribution >= 0.6 is 0 Å². The van der Waals surface area contributed by atoms with Gasteiger partial charge in [-0.1, -0.05) is 42.5 Å². The average molecular weight is 336 g/mol. The number of rotatable bonds is 7. The molecule has 2 aromatic rings. The highest BCUT2D eigenvalue weighted by molar-refractivity contribution is 5.28. The van der Waals surface area contributed by atoms with Crippen LogP contribution in [0.2, 0.25) is 0 Å². The van der Waals surface area contributed by atoms with E-state index >= 15 is 0 Å². The van der Waals surface area contributed by atoms with Crippen LogP contribution in [0.5, 0.6) is 5.75 Å². The van der Waals surface area contributed by atoms with Crippen LogP contribution in [0.3, 0.4) is 0 Å². The first-order valence-corrected chi connectivity index (χ1v) is 9.61. The quantitative estimate of drug-likeness (QED) is 0.757. The summed E-state index contributed by atoms with van der Waals surface area (Å²) in [6.07, 6.45) is 3.95. The van der Waals surface area contributed by atoms with Crippen LogP contribution in [-0.4, -0.2) is 42.6 Å². The number of hydrogen-bond donors (Lipinski definition) is 0. The number of benzene rings is 2. The maximum absolute atomic E-state index is 5.90. The SMILES string of the molecule is c1ccc(C2CCN2Cc2ccc(OCCN3CCCC3)cc2)cc1. The first kappa shape index (κ1) is 16.6. The van der Waals surface area contributed by atoms with E-state index in [0.717, 1.165) is 25.4 Å². The molecule has 0 spiro atoms. The molecule has 0 bridgehead atoms. The summed E-state index contributed by atoms with van der Waals surface area (Å²) in [4.78, 5) is 5.04. The van der Waals surface area contributed by atoms with E-state index in [2.05, 4.69) is 64.4 Å². The van der Waals surface area contributed by atoms with Gasteiger partial charge in [0, 0.05) is 25.7 Å². The van der Waals surface area contributed by atoms with Crippen molar-refractivity contribution in [2.75, 3.05) is 32.8 Å². The molecule has 0 radical (unpaired) electrons. The normalized spacial score (nSPS) is 21.2. The van der Waals surface area contributed by atoms with E-state index in [4.69, 9.17) is 4.74 Å². The second-order valence-electron chi connectivity index (χ2n) is 7.23. The Morgan fingerprint density at radius 1 is 0.880 bits per heavy atom. The lowest BCUT2D eigenvalue weighted by Crippen LogP contribution is -2.40. The van der Waals surface area contributed by atoms with Gasteiger partial charge >= 0.3 is 0 Å². The number of nitrogens with zero attached hydrogens (tertiary/aromatic N) is 2. The minimum Gasteiger partial charge on any atom is -0.492 e. The molecule has 132 valence electrons. The van der Waals surface area contributed by atoms with Crippen LogP contribution in [0, 0.1) is 0 Å². The summed E-state index contributed by atoms with van der Waals surface area (Å²) in [6.45, 7) is 6.53. The van der Waals surface area contributed by atoms with Crippen LogP contribution in [0.4, 0.5) is 0 Å². The third-order valence-electron chi connectivity index (χ3n) is 5.50. The highest BCUT2D eigenvalue weighted by atomic mass is 16.5. The van der Waals surface area contributed by atoms with Gasteiger partial charge in [-0.15, -0.1) is 0 Å². The molecule has 0 amide bonds. The Labute approximate surface area is 151 Å². The van der Waals surface area contributed by atoms with Crippen molar-refractivity contribution in [1.29, 1.82) is 0 Å². The zero-order valence-corrected chi connectivity index (χ0v) is 14.9. The van der Waals surface area contributed by atoms with Gasteiger partial charge < -0.3 is 4.74 Å². The van der Waals surface area contributed by atoms with E-state index in [0.29, 0.717) is 6.04 Å². The largest absolute Gasteiger partial charge is 0.492 e. The standard InChI is InChI=1S/C22H28N2O/c1-2-6-20(7-3-1)22-12-15-24(22)18-19-8-10-21(11-9-19)25-17-16-23-13-4-5-14-23/h1-3,6-11,22H,4-5,12-18H2. The Kier molecular flexibility index (Phi) is 5.34. The van der Waals surface area contributed by atoms with Crippen molar-refractivity contribution in [3.8, 4) is 5.75 Å². The highest BCUT2D eigenvalue weighted by Crippen LogP contribution is 2.34. The molecule has 4 rings (SSSR count). The first-order chi connectivity index (χ1) is 12.4. The third-order valence-corrected chi connectivity index (χ3v) is 5.50. The fraction of sp³-hybridized carbons (Fsp3) is 0.455. The molecule has 2 saturated heterocycles. The van der Waals surface area contributed by atoms with Crippen LogP contribution in [0.25, 0.3) is 0 Å². The van der Waals surface area contributed by atoms with Gasteiger partial charge in [0.25, 0.3) is 0 Å². The molecule has 0 aromatic heterocycles. The molecule has 25 heavy (non-hydrogen) atoms. The second-order valence-corrected chi connectivity index (χ2v) is 7.23. The molecular weight excluding hydrogens is 308 g/mol. The van der Waals surface area contributed by atoms with Gasteiger partial charge in [0.15, 0.2) is 0 Å². The smallest absolute Gasteiger partial charge is 0.119 e. The predicted octanol–water partition coefficient (Wildman–Crippen LogP) is 4.11. The van der Waals surface area contributed by atoms with E-state index in [-0.39, 0.29) is 0 Å². The fourth-order valence-corrected chi connectivity index (χ4v) is 3.91. The molecular formula is C22H28N2O. The first-order valence-electron chi connectivity index (χ1n) is 9.61. The number of ether oxygens (including phenoxy) is 1. The topological polar surface area (TPSA) is 15.7 Å². The third kappa shape index (κ3) is 4.23. The van der Waals surface area contributed by atoms with Gasteiger partial charge in [0.2, 0.25) is 0 Å². The van der Waals surface area contributed by atoms with E-state index in [1.54, 1.807) is 0 Å². The molecule has 3 heteroatoms. The lowest BCUT2D eigenvalue weighted by atomic mass is 9.94. The van der Waals surface area contributed by atoms with Crippen LogP contribution in [0.1, 0.15) is 36.4 Å². The zero-order valence-electron chi connectivity index (χ0n) is 14.9. The lowest BCUT2D eigenvalue weighted by Gasteiger charge is -2.41. The molecule has 2 aliphatic heterocycles. The summed E-state index contributed by atoms with van der Waals surface area (Å²) >= 11 is 0. The second kappa shape index (κ2) is 8.03. The predicted molar refractivity (Wildman–Crippen MR) is 102 cm³/mol. The molecule has 0 N–H and O–H groups in total. The van der Waals surface area contributed by atoms with Crippen LogP contribution in [-0.2, 0) is 6.54 Å². The Balaban J connectivity index is 1.26. The van der Waals surface area contributed by atoms with Crippen LogP contribution < -0.4 is 4.74 Å². The average Bonchev–Trinajstić information content (AvgIpc) is 3.14. The van der Waals surface area contributed by atoms with Crippen molar-refractivity contribution in [2.45, 2.75) is 31.8 Å². The molecule has 2 aromatic carbocycles. The van der Waals surface area contributed by atoms with Crippen molar-refractivity contribution in [1.82, 2.24) is 9.80 Å². The Morgan fingerprint density at radius 2 is 1.64 bits per heavy atom. The summed E-state index contributed by atoms with van der Waals surface area (Å²) in [5.41, 5.74) is 2.81. The van der Waals surface area contributed by atoms with Gasteiger partial charge in [-0.05, 0) is 55.6 Å². The number of likely N-dealkylation sites (tertiary alicyclic amines) is 2. The maximum atomic E-state index is 5.90. The highest BCUT2D eigenvalue weighted by Gasteiger charge is 2.28. The van der Waals surface area contributed by atoms with E-state index in [1.807, 2.05) is 0 Å². The van der Waals surface area contributed by atoms with Crippen molar-refractivity contribution >= 4 is 0 Å². The lowest BCUT2D eigenvalue weighted by molar-refractivity contribution is 0.0819. The summed E-state index contributed by atoms with van der Waals surface area (Å²) in [5.74, 6) is 0.992. The molecule has 1 unspecified atom stereocenters. The maximum Gasteiger partial charge on any atom is 0.119 e. The van der Waals surface area contributed by atoms with E-state index in [9.17, 15) is 0 Å². The van der Waals surface area contributed by atoms with E-state index in [1.165, 1.54) is 50.0 Å². The Hall–Kier alpha value is -1.84. The molecule has 2 fully saturated rings.